The van der Waals surface area contributed by atoms with Gasteiger partial charge in [0, 0.05) is 6.54 Å². The van der Waals surface area contributed by atoms with Crippen molar-refractivity contribution in [1.82, 2.24) is 10.2 Å². The van der Waals surface area contributed by atoms with Gasteiger partial charge in [-0.3, -0.25) is 10.1 Å². The first-order valence-electron chi connectivity index (χ1n) is 8.16. The third-order valence-electron chi connectivity index (χ3n) is 5.64. The lowest BCUT2D eigenvalue weighted by atomic mass is 9.88. The van der Waals surface area contributed by atoms with Crippen molar-refractivity contribution < 1.29 is 4.79 Å². The van der Waals surface area contributed by atoms with Gasteiger partial charge in [-0.25, -0.2) is 0 Å². The number of hydrogen-bond acceptors (Lipinski definition) is 2. The minimum Gasteiger partial charge on any atom is -0.325 e. The average molecular weight is 264 g/mol. The van der Waals surface area contributed by atoms with Crippen LogP contribution in [0.1, 0.15) is 52.9 Å². The highest BCUT2D eigenvalue weighted by Gasteiger charge is 2.45. The summed E-state index contributed by atoms with van der Waals surface area (Å²) >= 11 is 0. The van der Waals surface area contributed by atoms with E-state index in [1.54, 1.807) is 0 Å². The summed E-state index contributed by atoms with van der Waals surface area (Å²) in [6.07, 6.45) is 6.83. The third-order valence-corrected chi connectivity index (χ3v) is 5.64. The maximum atomic E-state index is 12.5. The molecule has 3 rings (SSSR count). The zero-order chi connectivity index (χ0) is 13.6. The summed E-state index contributed by atoms with van der Waals surface area (Å²) in [6, 6.07) is 0.0611. The van der Waals surface area contributed by atoms with Gasteiger partial charge in [0.05, 0.1) is 12.2 Å². The molecule has 2 saturated carbocycles. The first-order chi connectivity index (χ1) is 9.10. The number of fused-ring (bicyclic) bond motifs is 2. The summed E-state index contributed by atoms with van der Waals surface area (Å²) in [7, 11) is 0. The molecule has 3 nitrogen and oxygen atoms in total. The van der Waals surface area contributed by atoms with Gasteiger partial charge in [-0.05, 0) is 49.4 Å². The lowest BCUT2D eigenvalue weighted by Gasteiger charge is -2.32. The van der Waals surface area contributed by atoms with Crippen LogP contribution in [0.5, 0.6) is 0 Å². The van der Waals surface area contributed by atoms with Gasteiger partial charge >= 0.3 is 0 Å². The van der Waals surface area contributed by atoms with Crippen molar-refractivity contribution in [3.8, 4) is 0 Å². The van der Waals surface area contributed by atoms with Crippen LogP contribution in [0, 0.1) is 23.7 Å². The van der Waals surface area contributed by atoms with E-state index in [1.807, 2.05) is 0 Å². The molecule has 0 spiro atoms. The second-order valence-corrected chi connectivity index (χ2v) is 7.24. The normalized spacial score (nSPS) is 41.8. The summed E-state index contributed by atoms with van der Waals surface area (Å²) in [5.74, 6) is 3.51. The number of carbonyl (C=O) groups excluding carboxylic acids is 1. The molecule has 1 saturated heterocycles. The van der Waals surface area contributed by atoms with E-state index >= 15 is 0 Å². The van der Waals surface area contributed by atoms with E-state index in [-0.39, 0.29) is 12.2 Å². The largest absolute Gasteiger partial charge is 0.325 e. The van der Waals surface area contributed by atoms with Crippen LogP contribution in [0.15, 0.2) is 0 Å². The monoisotopic (exact) mass is 264 g/mol. The van der Waals surface area contributed by atoms with Gasteiger partial charge in [0.15, 0.2) is 0 Å². The van der Waals surface area contributed by atoms with Crippen LogP contribution in [-0.2, 0) is 4.79 Å². The predicted molar refractivity (Wildman–Crippen MR) is 76.5 cm³/mol. The fraction of sp³-hybridized carbons (Fsp3) is 0.938. The molecule has 1 amide bonds. The standard InChI is InChI=1S/C16H28N2O/c1-4-14-16(19)18(15(17-14)10(2)3)9-13-8-11-5-6-12(13)7-11/h10-15,17H,4-9H2,1-3H3. The SMILES string of the molecule is CCC1NC(C(C)C)N(CC2CC3CCC2C3)C1=O. The maximum absolute atomic E-state index is 12.5. The van der Waals surface area contributed by atoms with Crippen molar-refractivity contribution in [2.75, 3.05) is 6.54 Å². The molecule has 5 atom stereocenters. The van der Waals surface area contributed by atoms with E-state index in [0.29, 0.717) is 11.8 Å². The second kappa shape index (κ2) is 5.08. The number of nitrogens with zero attached hydrogens (tertiary/aromatic N) is 1. The van der Waals surface area contributed by atoms with Gasteiger partial charge in [0.25, 0.3) is 0 Å². The number of hydrogen-bond donors (Lipinski definition) is 1. The molecule has 0 radical (unpaired) electrons. The Morgan fingerprint density at radius 3 is 2.63 bits per heavy atom. The van der Waals surface area contributed by atoms with Gasteiger partial charge < -0.3 is 4.90 Å². The number of carbonyl (C=O) groups is 1. The highest BCUT2D eigenvalue weighted by molar-refractivity contribution is 5.84. The van der Waals surface area contributed by atoms with E-state index in [2.05, 4.69) is 31.0 Å². The smallest absolute Gasteiger partial charge is 0.241 e. The quantitative estimate of drug-likeness (QED) is 0.846. The van der Waals surface area contributed by atoms with Crippen molar-refractivity contribution in [2.24, 2.45) is 23.7 Å². The predicted octanol–water partition coefficient (Wildman–Crippen LogP) is 2.62. The molecular weight excluding hydrogens is 236 g/mol. The molecule has 2 bridgehead atoms. The Hall–Kier alpha value is -0.570. The molecule has 0 aromatic heterocycles. The molecule has 5 unspecified atom stereocenters. The fourth-order valence-corrected chi connectivity index (χ4v) is 4.61. The minimum absolute atomic E-state index is 0.0611. The Morgan fingerprint density at radius 1 is 1.32 bits per heavy atom. The summed E-state index contributed by atoms with van der Waals surface area (Å²) in [6.45, 7) is 7.55. The van der Waals surface area contributed by atoms with Crippen LogP contribution in [-0.4, -0.2) is 29.6 Å². The van der Waals surface area contributed by atoms with Crippen molar-refractivity contribution in [3.05, 3.63) is 0 Å². The summed E-state index contributed by atoms with van der Waals surface area (Å²) in [5, 5.41) is 3.53. The molecule has 0 aromatic rings. The van der Waals surface area contributed by atoms with Crippen LogP contribution in [0.4, 0.5) is 0 Å². The molecule has 1 N–H and O–H groups in total. The molecule has 3 fully saturated rings. The van der Waals surface area contributed by atoms with Crippen LogP contribution in [0.25, 0.3) is 0 Å². The Bertz CT molecular complexity index is 355. The molecule has 2 aliphatic carbocycles. The zero-order valence-corrected chi connectivity index (χ0v) is 12.6. The van der Waals surface area contributed by atoms with Crippen LogP contribution in [0.2, 0.25) is 0 Å². The van der Waals surface area contributed by atoms with Crippen molar-refractivity contribution in [3.63, 3.8) is 0 Å². The zero-order valence-electron chi connectivity index (χ0n) is 12.6. The number of rotatable bonds is 4. The highest BCUT2D eigenvalue weighted by atomic mass is 16.2. The average Bonchev–Trinajstić information content (AvgIpc) is 3.05. The first kappa shape index (κ1) is 13.4. The molecule has 19 heavy (non-hydrogen) atoms. The summed E-state index contributed by atoms with van der Waals surface area (Å²) < 4.78 is 0. The van der Waals surface area contributed by atoms with E-state index < -0.39 is 0 Å². The minimum atomic E-state index is 0.0611. The fourth-order valence-electron chi connectivity index (χ4n) is 4.61. The van der Waals surface area contributed by atoms with Gasteiger partial charge in [-0.2, -0.15) is 0 Å². The van der Waals surface area contributed by atoms with E-state index in [1.165, 1.54) is 25.7 Å². The van der Waals surface area contributed by atoms with Crippen LogP contribution in [0.3, 0.4) is 0 Å². The Balaban J connectivity index is 1.69. The van der Waals surface area contributed by atoms with Gasteiger partial charge in [-0.1, -0.05) is 27.2 Å². The number of amides is 1. The second-order valence-electron chi connectivity index (χ2n) is 7.24. The van der Waals surface area contributed by atoms with Crippen molar-refractivity contribution >= 4 is 5.91 Å². The molecule has 108 valence electrons. The Morgan fingerprint density at radius 2 is 2.11 bits per heavy atom. The molecule has 3 aliphatic rings. The van der Waals surface area contributed by atoms with E-state index in [4.69, 9.17) is 0 Å². The maximum Gasteiger partial charge on any atom is 0.241 e. The van der Waals surface area contributed by atoms with Crippen LogP contribution < -0.4 is 5.32 Å². The van der Waals surface area contributed by atoms with Gasteiger partial charge in [0.2, 0.25) is 5.91 Å². The Labute approximate surface area is 117 Å². The first-order valence-corrected chi connectivity index (χ1v) is 8.16. The van der Waals surface area contributed by atoms with E-state index in [0.717, 1.165) is 30.7 Å². The lowest BCUT2D eigenvalue weighted by Crippen LogP contribution is -2.44. The van der Waals surface area contributed by atoms with Crippen LogP contribution >= 0.6 is 0 Å². The van der Waals surface area contributed by atoms with Crippen molar-refractivity contribution in [1.29, 1.82) is 0 Å². The molecule has 0 aromatic carbocycles. The topological polar surface area (TPSA) is 32.3 Å². The lowest BCUT2D eigenvalue weighted by molar-refractivity contribution is -0.131. The molecule has 1 aliphatic heterocycles. The van der Waals surface area contributed by atoms with Crippen molar-refractivity contribution in [2.45, 2.75) is 65.1 Å². The summed E-state index contributed by atoms with van der Waals surface area (Å²) in [4.78, 5) is 14.7. The molecule has 3 heteroatoms. The number of nitrogens with one attached hydrogen (secondary N) is 1. The van der Waals surface area contributed by atoms with Gasteiger partial charge in [-0.15, -0.1) is 0 Å². The molecular formula is C16H28N2O. The third kappa shape index (κ3) is 2.31. The molecule has 1 heterocycles. The highest BCUT2D eigenvalue weighted by Crippen LogP contribution is 2.48. The Kier molecular flexibility index (Phi) is 3.59. The summed E-state index contributed by atoms with van der Waals surface area (Å²) in [5.41, 5.74) is 0. The van der Waals surface area contributed by atoms with Gasteiger partial charge in [0.1, 0.15) is 0 Å². The van der Waals surface area contributed by atoms with E-state index in [9.17, 15) is 4.79 Å².